The Kier molecular flexibility index (Phi) is 7.10. The normalized spacial score (nSPS) is 15.2. The van der Waals surface area contributed by atoms with Crippen molar-refractivity contribution in [2.45, 2.75) is 23.1 Å². The summed E-state index contributed by atoms with van der Waals surface area (Å²) < 4.78 is 6.50. The molecule has 0 unspecified atom stereocenters. The van der Waals surface area contributed by atoms with Crippen LogP contribution in [0.25, 0.3) is 11.0 Å². The van der Waals surface area contributed by atoms with E-state index in [-0.39, 0.29) is 11.3 Å². The Bertz CT molecular complexity index is 1760. The number of aliphatic hydroxyl groups is 1. The second-order valence-electron chi connectivity index (χ2n) is 9.93. The predicted molar refractivity (Wildman–Crippen MR) is 162 cm³/mol. The van der Waals surface area contributed by atoms with E-state index in [1.807, 2.05) is 68.4 Å². The molecule has 1 aliphatic rings. The molecule has 0 saturated carbocycles. The molecule has 41 heavy (non-hydrogen) atoms. The van der Waals surface area contributed by atoms with Crippen LogP contribution in [0.1, 0.15) is 33.3 Å². The maximum atomic E-state index is 13.9. The molecule has 6 rings (SSSR count). The Morgan fingerprint density at radius 3 is 2.49 bits per heavy atom. The van der Waals surface area contributed by atoms with E-state index in [1.54, 1.807) is 12.1 Å². The zero-order valence-electron chi connectivity index (χ0n) is 22.6. The van der Waals surface area contributed by atoms with Gasteiger partial charge in [0.25, 0.3) is 5.91 Å². The van der Waals surface area contributed by atoms with E-state index in [9.17, 15) is 14.7 Å². The number of para-hydroxylation sites is 1. The minimum atomic E-state index is -0.915. The first-order valence-electron chi connectivity index (χ1n) is 12.9. The number of amides is 1. The maximum Gasteiger partial charge on any atom is 0.296 e. The Morgan fingerprint density at radius 2 is 1.78 bits per heavy atom. The number of hydrogen-bond donors (Lipinski definition) is 1. The molecule has 206 valence electrons. The van der Waals surface area contributed by atoms with Gasteiger partial charge in [-0.15, -0.1) is 10.2 Å². The van der Waals surface area contributed by atoms with Gasteiger partial charge in [-0.05, 0) is 42.3 Å². The molecule has 2 aromatic heterocycles. The third kappa shape index (κ3) is 5.12. The van der Waals surface area contributed by atoms with Gasteiger partial charge in [-0.25, -0.2) is 0 Å². The molecule has 1 N–H and O–H groups in total. The number of carbonyl (C=O) groups is 2. The number of nitrogens with zero attached hydrogens (tertiary/aromatic N) is 4. The Morgan fingerprint density at radius 1 is 1.05 bits per heavy atom. The van der Waals surface area contributed by atoms with E-state index in [0.717, 1.165) is 16.6 Å². The van der Waals surface area contributed by atoms with Gasteiger partial charge in [-0.1, -0.05) is 83.3 Å². The molecule has 0 aliphatic carbocycles. The number of aryl methyl sites for hydroxylation is 1. The maximum absolute atomic E-state index is 13.9. The highest BCUT2D eigenvalue weighted by Crippen LogP contribution is 2.44. The number of aliphatic hydroxyl groups excluding tert-OH is 1. The number of benzene rings is 3. The van der Waals surface area contributed by atoms with Crippen molar-refractivity contribution in [2.24, 2.45) is 0 Å². The fourth-order valence-corrected chi connectivity index (χ4v) is 6.54. The number of furan rings is 1. The van der Waals surface area contributed by atoms with Crippen LogP contribution in [0.2, 0.25) is 0 Å². The van der Waals surface area contributed by atoms with Crippen molar-refractivity contribution in [3.63, 3.8) is 0 Å². The second kappa shape index (κ2) is 10.9. The number of anilines is 2. The number of rotatable bonds is 8. The first kappa shape index (κ1) is 26.8. The molecule has 1 amide bonds. The monoisotopic (exact) mass is 582 g/mol. The second-order valence-corrected chi connectivity index (χ2v) is 12.1. The van der Waals surface area contributed by atoms with Crippen LogP contribution in [0.4, 0.5) is 10.8 Å². The van der Waals surface area contributed by atoms with Crippen LogP contribution in [0, 0.1) is 6.92 Å². The number of Topliss-reactive ketones (excluding diaryl/α,β-unsaturated/α-hetero) is 1. The molecule has 8 nitrogen and oxygen atoms in total. The Hall–Kier alpha value is -4.41. The summed E-state index contributed by atoms with van der Waals surface area (Å²) in [5.74, 6) is -1.16. The van der Waals surface area contributed by atoms with E-state index in [0.29, 0.717) is 26.4 Å². The minimum Gasteiger partial charge on any atom is -0.503 e. The van der Waals surface area contributed by atoms with Gasteiger partial charge in [0.05, 0.1) is 11.6 Å². The van der Waals surface area contributed by atoms with Crippen molar-refractivity contribution in [3.8, 4) is 0 Å². The summed E-state index contributed by atoms with van der Waals surface area (Å²) in [4.78, 5) is 30.7. The van der Waals surface area contributed by atoms with E-state index >= 15 is 0 Å². The van der Waals surface area contributed by atoms with Gasteiger partial charge in [0, 0.05) is 30.9 Å². The molecule has 1 aliphatic heterocycles. The van der Waals surface area contributed by atoms with Crippen LogP contribution in [0.15, 0.2) is 99.0 Å². The molecule has 0 radical (unpaired) electrons. The van der Waals surface area contributed by atoms with Crippen LogP contribution in [-0.4, -0.2) is 41.1 Å². The number of carbonyl (C=O) groups excluding carboxylic acids is 2. The smallest absolute Gasteiger partial charge is 0.296 e. The van der Waals surface area contributed by atoms with Gasteiger partial charge in [0.15, 0.2) is 15.9 Å². The number of ketones is 1. The number of hydrogen-bond acceptors (Lipinski definition) is 9. The largest absolute Gasteiger partial charge is 0.503 e. The van der Waals surface area contributed by atoms with Crippen LogP contribution < -0.4 is 9.80 Å². The lowest BCUT2D eigenvalue weighted by molar-refractivity contribution is -0.117. The quantitative estimate of drug-likeness (QED) is 0.122. The summed E-state index contributed by atoms with van der Waals surface area (Å²) in [5, 5.41) is 20.8. The van der Waals surface area contributed by atoms with E-state index in [2.05, 4.69) is 34.5 Å². The number of fused-ring (bicyclic) bond motifs is 1. The molecule has 0 bridgehead atoms. The van der Waals surface area contributed by atoms with Gasteiger partial charge in [0.2, 0.25) is 10.9 Å². The van der Waals surface area contributed by atoms with Crippen molar-refractivity contribution in [1.82, 2.24) is 10.2 Å². The van der Waals surface area contributed by atoms with E-state index in [1.165, 1.54) is 33.6 Å². The number of thioether (sulfide) groups is 1. The summed E-state index contributed by atoms with van der Waals surface area (Å²) in [7, 11) is 3.86. The molecular formula is C31H26N4O4S2. The molecular weight excluding hydrogens is 556 g/mol. The van der Waals surface area contributed by atoms with Gasteiger partial charge in [0.1, 0.15) is 5.58 Å². The molecule has 0 spiro atoms. The van der Waals surface area contributed by atoms with Crippen LogP contribution in [0.5, 0.6) is 0 Å². The van der Waals surface area contributed by atoms with Crippen molar-refractivity contribution in [2.75, 3.05) is 23.9 Å². The highest BCUT2D eigenvalue weighted by molar-refractivity contribution is 8.00. The zero-order chi connectivity index (χ0) is 28.7. The third-order valence-electron chi connectivity index (χ3n) is 6.91. The lowest BCUT2D eigenvalue weighted by atomic mass is 9.95. The Balaban J connectivity index is 1.36. The first-order valence-corrected chi connectivity index (χ1v) is 14.7. The lowest BCUT2D eigenvalue weighted by Gasteiger charge is -2.24. The van der Waals surface area contributed by atoms with Gasteiger partial charge in [-0.2, -0.15) is 0 Å². The van der Waals surface area contributed by atoms with Crippen molar-refractivity contribution in [1.29, 1.82) is 0 Å². The lowest BCUT2D eigenvalue weighted by Crippen LogP contribution is -2.31. The average Bonchev–Trinajstić information content (AvgIpc) is 3.69. The van der Waals surface area contributed by atoms with Gasteiger partial charge < -0.3 is 14.4 Å². The fourth-order valence-electron chi connectivity index (χ4n) is 4.72. The SMILES string of the molecule is Cc1ccc(CSc2nnc(N3C(=O)C(O)=C(C(=O)c4cc5ccccc5o4)[C@@H]3c3ccc(N(C)C)cc3)s2)cc1. The first-order chi connectivity index (χ1) is 19.8. The highest BCUT2D eigenvalue weighted by atomic mass is 32.2. The highest BCUT2D eigenvalue weighted by Gasteiger charge is 2.46. The summed E-state index contributed by atoms with van der Waals surface area (Å²) in [6.07, 6.45) is 0. The fraction of sp³-hybridized carbons (Fsp3) is 0.161. The molecule has 0 saturated heterocycles. The third-order valence-corrected chi connectivity index (χ3v) is 9.04. The summed E-state index contributed by atoms with van der Waals surface area (Å²) in [6, 6.07) is 23.7. The Labute approximate surface area is 244 Å². The van der Waals surface area contributed by atoms with Crippen LogP contribution in [0.3, 0.4) is 0 Å². The summed E-state index contributed by atoms with van der Waals surface area (Å²) in [6.45, 7) is 2.04. The van der Waals surface area contributed by atoms with Gasteiger partial charge in [-0.3, -0.25) is 14.5 Å². The van der Waals surface area contributed by atoms with E-state index < -0.39 is 23.5 Å². The van der Waals surface area contributed by atoms with Gasteiger partial charge >= 0.3 is 0 Å². The number of aromatic nitrogens is 2. The van der Waals surface area contributed by atoms with E-state index in [4.69, 9.17) is 4.42 Å². The standard InChI is InChI=1S/C31H26N4O4S2/c1-18-8-10-19(11-9-18)17-40-31-33-32-30(41-31)35-26(20-12-14-22(15-13-20)34(2)3)25(28(37)29(35)38)27(36)24-16-21-6-4-5-7-23(21)39-24/h4-16,26,37H,17H2,1-3H3/t26-/m0/s1. The van der Waals surface area contributed by atoms with Crippen LogP contribution in [-0.2, 0) is 10.5 Å². The molecule has 1 atom stereocenters. The minimum absolute atomic E-state index is 0.0453. The van der Waals surface area contributed by atoms with Crippen molar-refractivity contribution < 1.29 is 19.1 Å². The zero-order valence-corrected chi connectivity index (χ0v) is 24.2. The summed E-state index contributed by atoms with van der Waals surface area (Å²) >= 11 is 2.76. The predicted octanol–water partition coefficient (Wildman–Crippen LogP) is 6.73. The van der Waals surface area contributed by atoms with Crippen LogP contribution >= 0.6 is 23.1 Å². The molecule has 10 heteroatoms. The molecule has 5 aromatic rings. The topological polar surface area (TPSA) is 99.8 Å². The average molecular weight is 583 g/mol. The summed E-state index contributed by atoms with van der Waals surface area (Å²) in [5.41, 5.74) is 4.42. The van der Waals surface area contributed by atoms with Crippen molar-refractivity contribution in [3.05, 3.63) is 113 Å². The molecule has 3 heterocycles. The molecule has 3 aromatic carbocycles. The van der Waals surface area contributed by atoms with Crippen molar-refractivity contribution >= 4 is 56.6 Å². The molecule has 0 fully saturated rings.